The lowest BCUT2D eigenvalue weighted by atomic mass is 10.0. The monoisotopic (exact) mass is 397 g/mol. The van der Waals surface area contributed by atoms with E-state index in [1.54, 1.807) is 6.08 Å². The van der Waals surface area contributed by atoms with E-state index >= 15 is 0 Å². The van der Waals surface area contributed by atoms with E-state index in [1.165, 1.54) is 31.7 Å². The molecule has 1 aromatic heterocycles. The maximum atomic E-state index is 3.95. The summed E-state index contributed by atoms with van der Waals surface area (Å²) in [5, 5.41) is 4.73. The maximum Gasteiger partial charge on any atom is 0.0384 e. The van der Waals surface area contributed by atoms with Gasteiger partial charge >= 0.3 is 0 Å². The Kier molecular flexibility index (Phi) is 6.69. The number of benzene rings is 2. The van der Waals surface area contributed by atoms with Gasteiger partial charge in [-0.25, -0.2) is 0 Å². The first-order chi connectivity index (χ1) is 14.0. The molecule has 0 bridgehead atoms. The number of fused-ring (bicyclic) bond motifs is 1. The Morgan fingerprint density at radius 3 is 2.41 bits per heavy atom. The molecule has 3 aromatic rings. The molecule has 1 nitrogen and oxygen atoms in total. The second kappa shape index (κ2) is 9.40. The van der Waals surface area contributed by atoms with Gasteiger partial charge in [-0.1, -0.05) is 55.2 Å². The zero-order valence-corrected chi connectivity index (χ0v) is 18.1. The lowest BCUT2D eigenvalue weighted by Crippen LogP contribution is -1.96. The molecular formula is C27H27NS. The predicted octanol–water partition coefficient (Wildman–Crippen LogP) is 8.52. The number of nitrogens with one attached hydrogen (secondary N) is 1. The summed E-state index contributed by atoms with van der Waals surface area (Å²) in [7, 11) is 0. The highest BCUT2D eigenvalue weighted by Crippen LogP contribution is 2.35. The fraction of sp³-hybridized carbons (Fsp3) is 0.111. The van der Waals surface area contributed by atoms with Crippen LogP contribution in [0.5, 0.6) is 0 Å². The molecule has 0 aliphatic rings. The summed E-state index contributed by atoms with van der Waals surface area (Å²) in [6.07, 6.45) is 12.0. The smallest absolute Gasteiger partial charge is 0.0384 e. The number of hydrogen-bond acceptors (Lipinski definition) is 2. The number of anilines is 1. The number of rotatable bonds is 7. The minimum absolute atomic E-state index is 1.01. The Morgan fingerprint density at radius 1 is 1.03 bits per heavy atom. The van der Waals surface area contributed by atoms with Gasteiger partial charge in [-0.05, 0) is 85.3 Å². The second-order valence-electron chi connectivity index (χ2n) is 7.04. The van der Waals surface area contributed by atoms with Crippen LogP contribution >= 0.6 is 11.3 Å². The molecule has 0 radical (unpaired) electrons. The molecule has 146 valence electrons. The Morgan fingerprint density at radius 2 is 1.76 bits per heavy atom. The minimum atomic E-state index is 1.01. The van der Waals surface area contributed by atoms with Crippen molar-refractivity contribution in [1.29, 1.82) is 0 Å². The molecule has 2 heteroatoms. The van der Waals surface area contributed by atoms with E-state index in [-0.39, 0.29) is 0 Å². The van der Waals surface area contributed by atoms with Gasteiger partial charge < -0.3 is 5.32 Å². The molecule has 29 heavy (non-hydrogen) atoms. The molecule has 0 spiro atoms. The van der Waals surface area contributed by atoms with Crippen LogP contribution in [0.4, 0.5) is 5.69 Å². The number of allylic oxidation sites excluding steroid dienone is 6. The van der Waals surface area contributed by atoms with Crippen LogP contribution in [-0.2, 0) is 0 Å². The largest absolute Gasteiger partial charge is 0.356 e. The molecule has 0 fully saturated rings. The topological polar surface area (TPSA) is 12.0 Å². The summed E-state index contributed by atoms with van der Waals surface area (Å²) < 4.78 is 1.32. The van der Waals surface area contributed by atoms with Crippen LogP contribution in [0.2, 0.25) is 0 Å². The second-order valence-corrected chi connectivity index (χ2v) is 8.13. The van der Waals surface area contributed by atoms with Gasteiger partial charge in [0, 0.05) is 21.0 Å². The molecule has 1 heterocycles. The molecule has 3 rings (SSSR count). The molecule has 0 amide bonds. The summed E-state index contributed by atoms with van der Waals surface area (Å²) in [6, 6.07) is 15.3. The van der Waals surface area contributed by atoms with Crippen molar-refractivity contribution in [2.24, 2.45) is 0 Å². The van der Waals surface area contributed by atoms with E-state index in [2.05, 4.69) is 80.0 Å². The Labute approximate surface area is 178 Å². The zero-order valence-electron chi connectivity index (χ0n) is 17.3. The van der Waals surface area contributed by atoms with Crippen molar-refractivity contribution in [3.63, 3.8) is 0 Å². The van der Waals surface area contributed by atoms with E-state index in [0.29, 0.717) is 0 Å². The summed E-state index contributed by atoms with van der Waals surface area (Å²) in [5.41, 5.74) is 6.91. The van der Waals surface area contributed by atoms with Crippen molar-refractivity contribution in [3.05, 3.63) is 108 Å². The van der Waals surface area contributed by atoms with Gasteiger partial charge in [0.1, 0.15) is 0 Å². The van der Waals surface area contributed by atoms with Gasteiger partial charge in [-0.15, -0.1) is 11.3 Å². The van der Waals surface area contributed by atoms with E-state index in [9.17, 15) is 0 Å². The molecule has 1 N–H and O–H groups in total. The number of aryl methyl sites for hydroxylation is 1. The maximum absolute atomic E-state index is 3.95. The van der Waals surface area contributed by atoms with E-state index in [4.69, 9.17) is 0 Å². The van der Waals surface area contributed by atoms with Crippen molar-refractivity contribution in [1.82, 2.24) is 0 Å². The average Bonchev–Trinajstić information content (AvgIpc) is 3.02. The Balaban J connectivity index is 1.88. The van der Waals surface area contributed by atoms with Gasteiger partial charge in [0.15, 0.2) is 0 Å². The SMILES string of the molecule is C=C/C=C(\C=C/C)Nc1ccc(-c2ccc3sc(/C=C\C(=C)C)c(C)c3c2)cc1. The third kappa shape index (κ3) is 5.04. The molecule has 0 atom stereocenters. The Bertz CT molecular complexity index is 1120. The first-order valence-electron chi connectivity index (χ1n) is 9.71. The fourth-order valence-electron chi connectivity index (χ4n) is 3.15. The third-order valence-electron chi connectivity index (χ3n) is 4.64. The normalized spacial score (nSPS) is 12.2. The summed E-state index contributed by atoms with van der Waals surface area (Å²) in [4.78, 5) is 1.30. The van der Waals surface area contributed by atoms with E-state index < -0.39 is 0 Å². The Hall–Kier alpha value is -3.10. The van der Waals surface area contributed by atoms with E-state index in [1.807, 2.05) is 43.4 Å². The van der Waals surface area contributed by atoms with Crippen molar-refractivity contribution >= 4 is 33.2 Å². The molecule has 0 saturated carbocycles. The van der Waals surface area contributed by atoms with Gasteiger partial charge in [-0.3, -0.25) is 0 Å². The first kappa shape index (κ1) is 20.6. The van der Waals surface area contributed by atoms with Crippen LogP contribution in [0.3, 0.4) is 0 Å². The van der Waals surface area contributed by atoms with Crippen molar-refractivity contribution in [2.45, 2.75) is 20.8 Å². The van der Waals surface area contributed by atoms with Crippen LogP contribution in [0.25, 0.3) is 27.3 Å². The fourth-order valence-corrected chi connectivity index (χ4v) is 4.25. The van der Waals surface area contributed by atoms with E-state index in [0.717, 1.165) is 17.0 Å². The molecule has 0 aliphatic heterocycles. The van der Waals surface area contributed by atoms with Crippen LogP contribution in [0.15, 0.2) is 97.3 Å². The predicted molar refractivity (Wildman–Crippen MR) is 133 cm³/mol. The third-order valence-corrected chi connectivity index (χ3v) is 5.88. The molecule has 2 aromatic carbocycles. The zero-order chi connectivity index (χ0) is 20.8. The molecular weight excluding hydrogens is 370 g/mol. The average molecular weight is 398 g/mol. The lowest BCUT2D eigenvalue weighted by Gasteiger charge is -2.09. The number of thiophene rings is 1. The summed E-state index contributed by atoms with van der Waals surface area (Å²) >= 11 is 1.83. The van der Waals surface area contributed by atoms with Gasteiger partial charge in [0.2, 0.25) is 0 Å². The molecule has 0 aliphatic carbocycles. The molecule has 0 unspecified atom stereocenters. The molecule has 0 saturated heterocycles. The highest BCUT2D eigenvalue weighted by molar-refractivity contribution is 7.20. The van der Waals surface area contributed by atoms with Crippen molar-refractivity contribution < 1.29 is 0 Å². The highest BCUT2D eigenvalue weighted by Gasteiger charge is 2.08. The van der Waals surface area contributed by atoms with Gasteiger partial charge in [-0.2, -0.15) is 0 Å². The quantitative estimate of drug-likeness (QED) is 0.394. The van der Waals surface area contributed by atoms with Crippen molar-refractivity contribution in [2.75, 3.05) is 5.32 Å². The van der Waals surface area contributed by atoms with Crippen LogP contribution in [0.1, 0.15) is 24.3 Å². The van der Waals surface area contributed by atoms with Crippen LogP contribution in [-0.4, -0.2) is 0 Å². The van der Waals surface area contributed by atoms with Crippen LogP contribution < -0.4 is 5.32 Å². The highest BCUT2D eigenvalue weighted by atomic mass is 32.1. The van der Waals surface area contributed by atoms with Crippen molar-refractivity contribution in [3.8, 4) is 11.1 Å². The minimum Gasteiger partial charge on any atom is -0.356 e. The lowest BCUT2D eigenvalue weighted by molar-refractivity contribution is 1.46. The summed E-state index contributed by atoms with van der Waals surface area (Å²) in [6.45, 7) is 13.9. The number of hydrogen-bond donors (Lipinski definition) is 1. The van der Waals surface area contributed by atoms with Gasteiger partial charge in [0.05, 0.1) is 0 Å². The standard InChI is InChI=1S/C27H27NS/c1-6-8-23(9-7-2)28-24-14-11-21(12-15-24)22-13-17-27-25(18-22)20(5)26(29-27)16-10-19(3)4/h6-18,28H,1,3H2,2,4-5H3/b9-7-,16-10-,23-8+. The van der Waals surface area contributed by atoms with Gasteiger partial charge in [0.25, 0.3) is 0 Å². The van der Waals surface area contributed by atoms with Crippen LogP contribution in [0, 0.1) is 6.92 Å². The summed E-state index contributed by atoms with van der Waals surface area (Å²) in [5.74, 6) is 0. The first-order valence-corrected chi connectivity index (χ1v) is 10.5.